The van der Waals surface area contributed by atoms with Crippen LogP contribution in [0.3, 0.4) is 0 Å². The number of hydrogen-bond donors (Lipinski definition) is 3. The maximum atomic E-state index is 11.9. The van der Waals surface area contributed by atoms with Gasteiger partial charge in [0, 0.05) is 38.2 Å². The average molecular weight is 983 g/mol. The fourth-order valence-electron chi connectivity index (χ4n) is 4.88. The molecule has 386 valence electrons. The first kappa shape index (κ1) is 63.4. The summed E-state index contributed by atoms with van der Waals surface area (Å²) < 4.78 is 86.6. The van der Waals surface area contributed by atoms with Crippen molar-refractivity contribution in [3.8, 4) is 0 Å². The lowest BCUT2D eigenvalue weighted by Gasteiger charge is -2.09. The van der Waals surface area contributed by atoms with Crippen LogP contribution >= 0.6 is 19.4 Å². The van der Waals surface area contributed by atoms with E-state index in [0.717, 1.165) is 25.0 Å². The summed E-state index contributed by atoms with van der Waals surface area (Å²) in [5, 5.41) is 5.51. The zero-order chi connectivity index (χ0) is 47.4. The zero-order valence-corrected chi connectivity index (χ0v) is 41.0. The number of unbranched alkanes of at least 4 members (excludes halogenated alkanes) is 4. The minimum absolute atomic E-state index is 0.0494. The van der Waals surface area contributed by atoms with Gasteiger partial charge in [0.25, 0.3) is 0 Å². The van der Waals surface area contributed by atoms with Crippen molar-refractivity contribution in [2.45, 2.75) is 51.4 Å². The predicted octanol–water partition coefficient (Wildman–Crippen LogP) is 2.28. The molecule has 0 fully saturated rings. The van der Waals surface area contributed by atoms with E-state index in [1.54, 1.807) is 11.8 Å². The van der Waals surface area contributed by atoms with E-state index < -0.39 is 7.60 Å². The van der Waals surface area contributed by atoms with Gasteiger partial charge >= 0.3 is 13.6 Å². The second-order valence-electron chi connectivity index (χ2n) is 13.9. The van der Waals surface area contributed by atoms with Crippen molar-refractivity contribution in [3.63, 3.8) is 0 Å². The molecule has 0 aromatic carbocycles. The number of carbonyl (C=O) groups excluding carboxylic acids is 3. The van der Waals surface area contributed by atoms with Gasteiger partial charge in [0.1, 0.15) is 6.61 Å². The fraction of sp³-hybridized carbons (Fsp3) is 0.929. The van der Waals surface area contributed by atoms with E-state index in [1.807, 2.05) is 6.26 Å². The van der Waals surface area contributed by atoms with Crippen LogP contribution in [-0.2, 0) is 85.1 Å². The Labute approximate surface area is 391 Å². The molecule has 1 atom stereocenters. The molecule has 0 aliphatic heterocycles. The van der Waals surface area contributed by atoms with E-state index in [0.29, 0.717) is 184 Å². The number of nitrogens with one attached hydrogen (secondary N) is 2. The largest absolute Gasteiger partial charge is 0.464 e. The summed E-state index contributed by atoms with van der Waals surface area (Å²) in [6, 6.07) is 0. The number of amides is 2. The van der Waals surface area contributed by atoms with E-state index in [-0.39, 0.29) is 50.6 Å². The van der Waals surface area contributed by atoms with Gasteiger partial charge in [-0.15, -0.1) is 0 Å². The Bertz CT molecular complexity index is 1100. The van der Waals surface area contributed by atoms with Crippen LogP contribution < -0.4 is 10.6 Å². The Hall–Kier alpha value is -1.57. The predicted molar refractivity (Wildman–Crippen MR) is 244 cm³/mol. The highest BCUT2D eigenvalue weighted by atomic mass is 32.2. The summed E-state index contributed by atoms with van der Waals surface area (Å²) in [5.74, 6) is 0.387. The summed E-state index contributed by atoms with van der Waals surface area (Å²) in [6.07, 6.45) is 7.05. The Balaban J connectivity index is 3.19. The van der Waals surface area contributed by atoms with Crippen molar-refractivity contribution in [1.82, 2.24) is 10.6 Å². The molecule has 2 amide bonds. The molecule has 0 bridgehead atoms. The maximum Gasteiger partial charge on any atom is 0.325 e. The molecule has 0 aromatic heterocycles. The van der Waals surface area contributed by atoms with Crippen LogP contribution in [0, 0.1) is 0 Å². The lowest BCUT2D eigenvalue weighted by Crippen LogP contribution is -2.28. The van der Waals surface area contributed by atoms with Gasteiger partial charge in [-0.25, -0.2) is 0 Å². The van der Waals surface area contributed by atoms with Crippen LogP contribution in [0.1, 0.15) is 51.4 Å². The van der Waals surface area contributed by atoms with Crippen LogP contribution in [0.5, 0.6) is 0 Å². The minimum atomic E-state index is -3.41. The quantitative estimate of drug-likeness (QED) is 0.0450. The van der Waals surface area contributed by atoms with Crippen molar-refractivity contribution in [2.75, 3.05) is 204 Å². The second-order valence-corrected chi connectivity index (χ2v) is 16.8. The fourth-order valence-corrected chi connectivity index (χ4v) is 5.74. The van der Waals surface area contributed by atoms with Crippen LogP contribution in [-0.4, -0.2) is 226 Å². The Morgan fingerprint density at radius 2 is 0.738 bits per heavy atom. The van der Waals surface area contributed by atoms with Gasteiger partial charge in [-0.05, 0) is 19.1 Å². The average Bonchev–Trinajstić information content (AvgIpc) is 3.28. The summed E-state index contributed by atoms with van der Waals surface area (Å²) in [4.78, 5) is 44.2. The van der Waals surface area contributed by atoms with Crippen LogP contribution in [0.15, 0.2) is 0 Å². The minimum Gasteiger partial charge on any atom is -0.464 e. The van der Waals surface area contributed by atoms with Crippen molar-refractivity contribution in [2.24, 2.45) is 0 Å². The summed E-state index contributed by atoms with van der Waals surface area (Å²) in [7, 11) is -3.41. The Morgan fingerprint density at radius 3 is 1.12 bits per heavy atom. The molecule has 65 heavy (non-hydrogen) atoms. The molecule has 0 rings (SSSR count). The lowest BCUT2D eigenvalue weighted by molar-refractivity contribution is -0.144. The van der Waals surface area contributed by atoms with Crippen molar-refractivity contribution < 1.29 is 89.9 Å². The molecule has 23 heteroatoms. The topological polar surface area (TPSA) is 242 Å². The van der Waals surface area contributed by atoms with Gasteiger partial charge in [0.2, 0.25) is 11.8 Å². The summed E-state index contributed by atoms with van der Waals surface area (Å²) in [6.45, 7) is 13.1. The Morgan fingerprint density at radius 1 is 0.415 bits per heavy atom. The van der Waals surface area contributed by atoms with Crippen LogP contribution in [0.25, 0.3) is 0 Å². The monoisotopic (exact) mass is 983 g/mol. The third-order valence-electron chi connectivity index (χ3n) is 8.21. The zero-order valence-electron chi connectivity index (χ0n) is 39.3. The van der Waals surface area contributed by atoms with E-state index in [9.17, 15) is 18.9 Å². The standard InChI is InChI=1S/C42H83N2O19PS/c1-64(48,49)63-13-7-5-3-4-6-8-42(47)62-16-12-44-40(45)9-14-50-17-19-52-21-23-54-25-27-56-29-31-58-33-35-60-37-38-61-36-34-59-32-30-57-28-26-55-24-22-53-20-18-51-15-11-43-41(46)10-39-65-2/h3-39H2,1-2H3,(H,43,46)(H,44,45)(H,48,49). The molecule has 1 unspecified atom stereocenters. The molecule has 0 aliphatic carbocycles. The van der Waals surface area contributed by atoms with Gasteiger partial charge in [-0.2, -0.15) is 11.8 Å². The van der Waals surface area contributed by atoms with Crippen LogP contribution in [0.2, 0.25) is 0 Å². The SMILES string of the molecule is CSCCC(=O)NCCOCCOCCOCCOCCOCCOCCOCCOCCOCCOCCOCCOCCC(=O)NCCOC(=O)CCCCCCCOP(C)(=O)O. The number of hydrogen-bond acceptors (Lipinski definition) is 19. The molecule has 21 nitrogen and oxygen atoms in total. The summed E-state index contributed by atoms with van der Waals surface area (Å²) >= 11 is 1.65. The normalized spacial score (nSPS) is 12.4. The molecule has 0 saturated heterocycles. The smallest absolute Gasteiger partial charge is 0.325 e. The van der Waals surface area contributed by atoms with E-state index in [2.05, 4.69) is 10.6 Å². The van der Waals surface area contributed by atoms with Crippen molar-refractivity contribution in [3.05, 3.63) is 0 Å². The molecular weight excluding hydrogens is 899 g/mol. The lowest BCUT2D eigenvalue weighted by atomic mass is 10.1. The maximum absolute atomic E-state index is 11.9. The highest BCUT2D eigenvalue weighted by Gasteiger charge is 2.09. The number of carbonyl (C=O) groups is 3. The molecule has 0 aliphatic rings. The van der Waals surface area contributed by atoms with Gasteiger partial charge in [-0.3, -0.25) is 18.9 Å². The van der Waals surface area contributed by atoms with Gasteiger partial charge in [0.15, 0.2) is 0 Å². The summed E-state index contributed by atoms with van der Waals surface area (Å²) in [5.41, 5.74) is 0. The first-order chi connectivity index (χ1) is 31.7. The number of thioether (sulfide) groups is 1. The number of ether oxygens (including phenoxy) is 13. The van der Waals surface area contributed by atoms with E-state index in [1.165, 1.54) is 6.66 Å². The van der Waals surface area contributed by atoms with Gasteiger partial charge in [-0.1, -0.05) is 19.3 Å². The molecular formula is C42H83N2O19PS. The highest BCUT2D eigenvalue weighted by molar-refractivity contribution is 7.98. The molecule has 3 N–H and O–H groups in total. The first-order valence-corrected chi connectivity index (χ1v) is 26.2. The Kier molecular flexibility index (Phi) is 50.6. The third kappa shape index (κ3) is 56.7. The van der Waals surface area contributed by atoms with Crippen molar-refractivity contribution in [1.29, 1.82) is 0 Å². The second kappa shape index (κ2) is 51.8. The molecule has 0 spiro atoms. The number of rotatable bonds is 54. The van der Waals surface area contributed by atoms with Gasteiger partial charge in [0.05, 0.1) is 172 Å². The number of esters is 1. The van der Waals surface area contributed by atoms with Crippen LogP contribution in [0.4, 0.5) is 0 Å². The van der Waals surface area contributed by atoms with Gasteiger partial charge < -0.3 is 81.6 Å². The first-order valence-electron chi connectivity index (χ1n) is 22.8. The molecule has 0 radical (unpaired) electrons. The van der Waals surface area contributed by atoms with E-state index >= 15 is 0 Å². The molecule has 0 saturated carbocycles. The molecule has 0 heterocycles. The van der Waals surface area contributed by atoms with Crippen molar-refractivity contribution >= 4 is 37.1 Å². The highest BCUT2D eigenvalue weighted by Crippen LogP contribution is 2.36. The van der Waals surface area contributed by atoms with E-state index in [4.69, 9.17) is 71.0 Å². The molecule has 0 aromatic rings. The third-order valence-corrected chi connectivity index (χ3v) is 9.48.